The van der Waals surface area contributed by atoms with Crippen molar-refractivity contribution in [1.82, 2.24) is 19.7 Å². The van der Waals surface area contributed by atoms with E-state index in [0.29, 0.717) is 23.9 Å². The smallest absolute Gasteiger partial charge is 0.330 e. The minimum absolute atomic E-state index is 0.272. The summed E-state index contributed by atoms with van der Waals surface area (Å²) in [6.07, 6.45) is 8.14. The molecule has 0 spiro atoms. The normalized spacial score (nSPS) is 11.4. The van der Waals surface area contributed by atoms with E-state index in [1.165, 1.54) is 6.08 Å². The summed E-state index contributed by atoms with van der Waals surface area (Å²) in [5.74, 6) is -0.426. The van der Waals surface area contributed by atoms with Crippen molar-refractivity contribution < 1.29 is 14.3 Å². The fourth-order valence-electron chi connectivity index (χ4n) is 3.01. The van der Waals surface area contributed by atoms with E-state index in [-0.39, 0.29) is 6.61 Å². The molecule has 0 fully saturated rings. The first-order valence-electron chi connectivity index (χ1n) is 8.92. The number of fused-ring (bicyclic) bond motifs is 1. The van der Waals surface area contributed by atoms with Gasteiger partial charge in [-0.3, -0.25) is 4.98 Å². The van der Waals surface area contributed by atoms with Crippen LogP contribution in [0.4, 0.5) is 0 Å². The standard InChI is InChI=1S/C20H21ClN4O3/c1-4-25-20-16(11-23-25)19(13-8-14(21)10-22-9-13)15(17(24-20)12-27-3)6-7-18(26)28-5-2/h6-11H,4-5,12H2,1-3H3/b7-6+. The lowest BCUT2D eigenvalue weighted by atomic mass is 9.97. The number of ether oxygens (including phenoxy) is 2. The second-order valence-electron chi connectivity index (χ2n) is 5.96. The number of aromatic nitrogens is 4. The topological polar surface area (TPSA) is 79.1 Å². The molecule has 0 aromatic carbocycles. The van der Waals surface area contributed by atoms with Gasteiger partial charge in [0.1, 0.15) is 0 Å². The third-order valence-electron chi connectivity index (χ3n) is 4.15. The predicted octanol–water partition coefficient (Wildman–Crippen LogP) is 3.89. The Labute approximate surface area is 168 Å². The van der Waals surface area contributed by atoms with Gasteiger partial charge < -0.3 is 9.47 Å². The minimum atomic E-state index is -0.426. The molecule has 7 nitrogen and oxygen atoms in total. The summed E-state index contributed by atoms with van der Waals surface area (Å²) in [5, 5.41) is 5.79. The van der Waals surface area contributed by atoms with Crippen molar-refractivity contribution >= 4 is 34.7 Å². The third-order valence-corrected chi connectivity index (χ3v) is 4.36. The summed E-state index contributed by atoms with van der Waals surface area (Å²) in [6, 6.07) is 1.82. The summed E-state index contributed by atoms with van der Waals surface area (Å²) in [4.78, 5) is 20.8. The number of carbonyl (C=O) groups is 1. The quantitative estimate of drug-likeness (QED) is 0.442. The number of methoxy groups -OCH3 is 1. The van der Waals surface area contributed by atoms with Crippen molar-refractivity contribution in [2.45, 2.75) is 27.0 Å². The highest BCUT2D eigenvalue weighted by Gasteiger charge is 2.19. The molecule has 0 radical (unpaired) electrons. The van der Waals surface area contributed by atoms with Gasteiger partial charge in [0.2, 0.25) is 0 Å². The minimum Gasteiger partial charge on any atom is -0.463 e. The second kappa shape index (κ2) is 8.95. The molecule has 146 valence electrons. The summed E-state index contributed by atoms with van der Waals surface area (Å²) in [5.41, 5.74) is 3.80. The number of aryl methyl sites for hydroxylation is 1. The molecule has 0 aliphatic rings. The number of halogens is 1. The monoisotopic (exact) mass is 400 g/mol. The van der Waals surface area contributed by atoms with Crippen LogP contribution in [-0.4, -0.2) is 39.4 Å². The Bertz CT molecular complexity index is 1030. The molecule has 3 heterocycles. The van der Waals surface area contributed by atoms with E-state index in [9.17, 15) is 4.79 Å². The highest BCUT2D eigenvalue weighted by molar-refractivity contribution is 6.30. The SMILES string of the molecule is CCOC(=O)/C=C/c1c(COC)nc2c(cnn2CC)c1-c1cncc(Cl)c1. The van der Waals surface area contributed by atoms with Crippen LogP contribution in [0.15, 0.2) is 30.7 Å². The van der Waals surface area contributed by atoms with E-state index >= 15 is 0 Å². The molecule has 0 bridgehead atoms. The molecule has 0 N–H and O–H groups in total. The van der Waals surface area contributed by atoms with E-state index in [0.717, 1.165) is 27.7 Å². The molecular formula is C20H21ClN4O3. The van der Waals surface area contributed by atoms with E-state index in [2.05, 4.69) is 10.1 Å². The second-order valence-corrected chi connectivity index (χ2v) is 6.39. The van der Waals surface area contributed by atoms with E-state index in [1.807, 2.05) is 17.7 Å². The van der Waals surface area contributed by atoms with Crippen molar-refractivity contribution in [3.8, 4) is 11.1 Å². The zero-order valence-electron chi connectivity index (χ0n) is 16.0. The molecule has 0 atom stereocenters. The van der Waals surface area contributed by atoms with Crippen LogP contribution in [0.5, 0.6) is 0 Å². The highest BCUT2D eigenvalue weighted by atomic mass is 35.5. The summed E-state index contributed by atoms with van der Waals surface area (Å²) < 4.78 is 12.2. The van der Waals surface area contributed by atoms with Gasteiger partial charge in [-0.15, -0.1) is 0 Å². The maximum absolute atomic E-state index is 11.9. The van der Waals surface area contributed by atoms with Crippen LogP contribution in [0.3, 0.4) is 0 Å². The Balaban J connectivity index is 2.32. The lowest BCUT2D eigenvalue weighted by molar-refractivity contribution is -0.137. The summed E-state index contributed by atoms with van der Waals surface area (Å²) in [6.45, 7) is 5.01. The molecular weight excluding hydrogens is 380 g/mol. The van der Waals surface area contributed by atoms with Crippen molar-refractivity contribution in [2.75, 3.05) is 13.7 Å². The lowest BCUT2D eigenvalue weighted by Gasteiger charge is -2.14. The van der Waals surface area contributed by atoms with Gasteiger partial charge in [-0.25, -0.2) is 14.5 Å². The van der Waals surface area contributed by atoms with Gasteiger partial charge in [0.25, 0.3) is 0 Å². The molecule has 8 heteroatoms. The Hall–Kier alpha value is -2.77. The van der Waals surface area contributed by atoms with Crippen LogP contribution < -0.4 is 0 Å². The van der Waals surface area contributed by atoms with Gasteiger partial charge in [-0.05, 0) is 26.0 Å². The van der Waals surface area contributed by atoms with E-state index < -0.39 is 5.97 Å². The Morgan fingerprint density at radius 3 is 2.79 bits per heavy atom. The Morgan fingerprint density at radius 2 is 2.11 bits per heavy atom. The maximum Gasteiger partial charge on any atom is 0.330 e. The molecule has 0 aliphatic carbocycles. The van der Waals surface area contributed by atoms with Gasteiger partial charge in [-0.2, -0.15) is 5.10 Å². The summed E-state index contributed by atoms with van der Waals surface area (Å²) in [7, 11) is 1.60. The first-order valence-corrected chi connectivity index (χ1v) is 9.29. The average molecular weight is 401 g/mol. The van der Waals surface area contributed by atoms with Crippen LogP contribution in [0.2, 0.25) is 5.02 Å². The Kier molecular flexibility index (Phi) is 6.38. The fraction of sp³-hybridized carbons (Fsp3) is 0.300. The van der Waals surface area contributed by atoms with Gasteiger partial charge >= 0.3 is 5.97 Å². The molecule has 3 rings (SSSR count). The lowest BCUT2D eigenvalue weighted by Crippen LogP contribution is -2.05. The molecule has 0 saturated heterocycles. The predicted molar refractivity (Wildman–Crippen MR) is 108 cm³/mol. The number of esters is 1. The zero-order valence-corrected chi connectivity index (χ0v) is 16.7. The van der Waals surface area contributed by atoms with Crippen molar-refractivity contribution in [3.63, 3.8) is 0 Å². The molecule has 3 aromatic rings. The number of rotatable bonds is 7. The summed E-state index contributed by atoms with van der Waals surface area (Å²) >= 11 is 6.18. The largest absolute Gasteiger partial charge is 0.463 e. The molecule has 28 heavy (non-hydrogen) atoms. The number of pyridine rings is 2. The first kappa shape index (κ1) is 20.0. The maximum atomic E-state index is 11.9. The molecule has 0 unspecified atom stereocenters. The highest BCUT2D eigenvalue weighted by Crippen LogP contribution is 2.35. The fourth-order valence-corrected chi connectivity index (χ4v) is 3.18. The van der Waals surface area contributed by atoms with Crippen LogP contribution >= 0.6 is 11.6 Å². The number of hydrogen-bond acceptors (Lipinski definition) is 6. The van der Waals surface area contributed by atoms with E-state index in [4.69, 9.17) is 26.1 Å². The van der Waals surface area contributed by atoms with Crippen LogP contribution in [-0.2, 0) is 27.4 Å². The molecule has 3 aromatic heterocycles. The molecule has 0 aliphatic heterocycles. The zero-order chi connectivity index (χ0) is 20.1. The van der Waals surface area contributed by atoms with Crippen LogP contribution in [0.25, 0.3) is 28.2 Å². The Morgan fingerprint density at radius 1 is 1.29 bits per heavy atom. The van der Waals surface area contributed by atoms with Crippen molar-refractivity contribution in [2.24, 2.45) is 0 Å². The van der Waals surface area contributed by atoms with E-state index in [1.54, 1.807) is 38.7 Å². The number of nitrogens with zero attached hydrogens (tertiary/aromatic N) is 4. The van der Waals surface area contributed by atoms with Crippen LogP contribution in [0, 0.1) is 0 Å². The first-order chi connectivity index (χ1) is 13.6. The van der Waals surface area contributed by atoms with Gasteiger partial charge in [0, 0.05) is 54.2 Å². The molecule has 0 amide bonds. The average Bonchev–Trinajstić information content (AvgIpc) is 3.08. The van der Waals surface area contributed by atoms with Crippen LogP contribution in [0.1, 0.15) is 25.1 Å². The van der Waals surface area contributed by atoms with Gasteiger partial charge in [0.05, 0.1) is 30.1 Å². The van der Waals surface area contributed by atoms with Crippen molar-refractivity contribution in [1.29, 1.82) is 0 Å². The number of carbonyl (C=O) groups excluding carboxylic acids is 1. The van der Waals surface area contributed by atoms with Gasteiger partial charge in [0.15, 0.2) is 5.65 Å². The molecule has 0 saturated carbocycles. The third kappa shape index (κ3) is 4.05. The van der Waals surface area contributed by atoms with Gasteiger partial charge in [-0.1, -0.05) is 11.6 Å². The van der Waals surface area contributed by atoms with Crippen molar-refractivity contribution in [3.05, 3.63) is 47.0 Å². The number of hydrogen-bond donors (Lipinski definition) is 0.